The first-order chi connectivity index (χ1) is 11.5. The van der Waals surface area contributed by atoms with Gasteiger partial charge in [-0.25, -0.2) is 9.13 Å². The summed E-state index contributed by atoms with van der Waals surface area (Å²) in [4.78, 5) is 4.19. The fraction of sp³-hybridized carbons (Fsp3) is 0.176. The first kappa shape index (κ1) is 8.62. The highest BCUT2D eigenvalue weighted by molar-refractivity contribution is 6.04. The Bertz CT molecular complexity index is 1130. The maximum absolute atomic E-state index is 8.11. The maximum atomic E-state index is 8.11. The monoisotopic (exact) mass is 278 g/mol. The van der Waals surface area contributed by atoms with Crippen LogP contribution in [0.25, 0.3) is 33.5 Å². The number of rotatable bonds is 0. The third kappa shape index (κ3) is 1.17. The number of aryl methyl sites for hydroxylation is 2. The SMILES string of the molecule is [2H]C([2H])([2H])[n+]1c2n(c3c4ccncc4n(C)c31)Cc1ccccc1-2. The predicted molar refractivity (Wildman–Crippen MR) is 81.9 cm³/mol. The van der Waals surface area contributed by atoms with Gasteiger partial charge in [0.1, 0.15) is 5.52 Å². The van der Waals surface area contributed by atoms with Crippen LogP contribution in [0.5, 0.6) is 0 Å². The molecule has 4 aromatic rings. The topological polar surface area (TPSA) is 26.6 Å². The number of aromatic nitrogens is 4. The molecule has 4 heteroatoms. The molecule has 0 radical (unpaired) electrons. The average molecular weight is 278 g/mol. The Hall–Kier alpha value is -2.62. The van der Waals surface area contributed by atoms with Crippen molar-refractivity contribution in [1.29, 1.82) is 0 Å². The van der Waals surface area contributed by atoms with E-state index in [1.807, 2.05) is 35.9 Å². The molecule has 0 fully saturated rings. The largest absolute Gasteiger partial charge is 0.269 e. The standard InChI is InChI=1S/C17H15N4/c1-19-14-9-18-8-7-13(14)15-17(19)20(2)16-12-6-4-3-5-11(12)10-21(15)16/h3-9H,10H2,1-2H3/q+1/i2D3. The summed E-state index contributed by atoms with van der Waals surface area (Å²) in [6.07, 6.45) is 3.54. The first-order valence-electron chi connectivity index (χ1n) is 8.44. The van der Waals surface area contributed by atoms with E-state index in [-0.39, 0.29) is 0 Å². The molecule has 0 unspecified atom stereocenters. The van der Waals surface area contributed by atoms with Crippen LogP contribution in [-0.2, 0) is 20.6 Å². The molecule has 0 saturated carbocycles. The van der Waals surface area contributed by atoms with Crippen molar-refractivity contribution in [2.24, 2.45) is 14.0 Å². The van der Waals surface area contributed by atoms with Crippen molar-refractivity contribution in [2.45, 2.75) is 6.54 Å². The smallest absolute Gasteiger partial charge is 0.261 e. The highest BCUT2D eigenvalue weighted by Gasteiger charge is 2.33. The molecule has 1 aromatic carbocycles. The Morgan fingerprint density at radius 3 is 3.10 bits per heavy atom. The highest BCUT2D eigenvalue weighted by atomic mass is 15.2. The second-order valence-corrected chi connectivity index (χ2v) is 5.53. The predicted octanol–water partition coefficient (Wildman–Crippen LogP) is 2.38. The molecule has 4 heterocycles. The highest BCUT2D eigenvalue weighted by Crippen LogP contribution is 2.36. The third-order valence-electron chi connectivity index (χ3n) is 4.48. The Morgan fingerprint density at radius 2 is 2.19 bits per heavy atom. The van der Waals surface area contributed by atoms with Crippen molar-refractivity contribution >= 4 is 22.1 Å². The second kappa shape index (κ2) is 3.52. The molecule has 5 rings (SSSR count). The van der Waals surface area contributed by atoms with Gasteiger partial charge in [-0.3, -0.25) is 9.55 Å². The number of pyridine rings is 1. The van der Waals surface area contributed by atoms with E-state index in [9.17, 15) is 0 Å². The molecule has 3 aromatic heterocycles. The fourth-order valence-corrected chi connectivity index (χ4v) is 3.56. The third-order valence-corrected chi connectivity index (χ3v) is 4.48. The van der Waals surface area contributed by atoms with Gasteiger partial charge in [0, 0.05) is 6.20 Å². The molecule has 0 aliphatic carbocycles. The Kier molecular flexibility index (Phi) is 1.45. The average Bonchev–Trinajstić information content (AvgIpc) is 3.15. The molecule has 1 aliphatic rings. The van der Waals surface area contributed by atoms with E-state index in [2.05, 4.69) is 15.6 Å². The molecular formula is C17H15N4+. The van der Waals surface area contributed by atoms with Crippen LogP contribution in [0.1, 0.15) is 9.68 Å². The Labute approximate surface area is 126 Å². The molecule has 1 aliphatic heterocycles. The zero-order chi connectivity index (χ0) is 16.6. The molecular weight excluding hydrogens is 260 g/mol. The zero-order valence-corrected chi connectivity index (χ0v) is 11.5. The Balaban J connectivity index is 2.05. The molecule has 0 amide bonds. The Morgan fingerprint density at radius 1 is 1.29 bits per heavy atom. The van der Waals surface area contributed by atoms with Crippen LogP contribution in [0.4, 0.5) is 0 Å². The molecule has 0 saturated heterocycles. The van der Waals surface area contributed by atoms with Crippen molar-refractivity contribution in [3.05, 3.63) is 48.3 Å². The van der Waals surface area contributed by atoms with Crippen molar-refractivity contribution in [3.63, 3.8) is 0 Å². The van der Waals surface area contributed by atoms with E-state index in [1.165, 1.54) is 4.57 Å². The minimum atomic E-state index is -2.26. The van der Waals surface area contributed by atoms with Gasteiger partial charge in [-0.15, -0.1) is 0 Å². The maximum Gasteiger partial charge on any atom is 0.269 e. The lowest BCUT2D eigenvalue weighted by Crippen LogP contribution is -2.31. The fourth-order valence-electron chi connectivity index (χ4n) is 3.56. The van der Waals surface area contributed by atoms with Crippen molar-refractivity contribution in [3.8, 4) is 11.4 Å². The van der Waals surface area contributed by atoms with E-state index in [0.29, 0.717) is 12.2 Å². The van der Waals surface area contributed by atoms with Crippen molar-refractivity contribution < 1.29 is 8.68 Å². The van der Waals surface area contributed by atoms with E-state index in [4.69, 9.17) is 4.11 Å². The zero-order valence-electron chi connectivity index (χ0n) is 14.5. The van der Waals surface area contributed by atoms with Crippen molar-refractivity contribution in [1.82, 2.24) is 14.1 Å². The first-order valence-corrected chi connectivity index (χ1v) is 6.94. The molecule has 4 nitrogen and oxygen atoms in total. The van der Waals surface area contributed by atoms with Crippen LogP contribution in [0.2, 0.25) is 0 Å². The number of hydrogen-bond acceptors (Lipinski definition) is 1. The number of hydrogen-bond donors (Lipinski definition) is 0. The minimum absolute atomic E-state index is 0.687. The lowest BCUT2D eigenvalue weighted by atomic mass is 10.1. The van der Waals surface area contributed by atoms with E-state index >= 15 is 0 Å². The molecule has 0 bridgehead atoms. The second-order valence-electron chi connectivity index (χ2n) is 5.53. The molecule has 102 valence electrons. The van der Waals surface area contributed by atoms with E-state index < -0.39 is 6.98 Å². The quantitative estimate of drug-likeness (QED) is 0.399. The van der Waals surface area contributed by atoms with Crippen LogP contribution < -0.4 is 4.57 Å². The molecule has 0 spiro atoms. The van der Waals surface area contributed by atoms with Gasteiger partial charge >= 0.3 is 0 Å². The normalized spacial score (nSPS) is 15.8. The summed E-state index contributed by atoms with van der Waals surface area (Å²) in [5.74, 6) is 0.755. The lowest BCUT2D eigenvalue weighted by molar-refractivity contribution is -0.636. The summed E-state index contributed by atoms with van der Waals surface area (Å²) in [6, 6.07) is 9.97. The van der Waals surface area contributed by atoms with Crippen LogP contribution in [0.3, 0.4) is 0 Å². The van der Waals surface area contributed by atoms with Crippen LogP contribution >= 0.6 is 0 Å². The van der Waals surface area contributed by atoms with Gasteiger partial charge in [0.2, 0.25) is 5.82 Å². The molecule has 0 N–H and O–H groups in total. The number of fused-ring (bicyclic) bond motifs is 7. The van der Waals surface area contributed by atoms with E-state index in [1.54, 1.807) is 12.4 Å². The van der Waals surface area contributed by atoms with Gasteiger partial charge in [0.15, 0.2) is 5.52 Å². The summed E-state index contributed by atoms with van der Waals surface area (Å²) >= 11 is 0. The summed E-state index contributed by atoms with van der Waals surface area (Å²) in [5, 5.41) is 1.03. The number of nitrogens with zero attached hydrogens (tertiary/aromatic N) is 4. The van der Waals surface area contributed by atoms with Gasteiger partial charge in [-0.1, -0.05) is 18.2 Å². The molecule has 0 atom stereocenters. The van der Waals surface area contributed by atoms with Gasteiger partial charge in [0.05, 0.1) is 41.8 Å². The molecule has 21 heavy (non-hydrogen) atoms. The van der Waals surface area contributed by atoms with E-state index in [0.717, 1.165) is 33.4 Å². The lowest BCUT2D eigenvalue weighted by Gasteiger charge is -1.98. The summed E-state index contributed by atoms with van der Waals surface area (Å²) in [5.41, 5.74) is 4.75. The van der Waals surface area contributed by atoms with Crippen molar-refractivity contribution in [2.75, 3.05) is 0 Å². The number of benzene rings is 1. The summed E-state index contributed by atoms with van der Waals surface area (Å²) < 4.78 is 29.9. The summed E-state index contributed by atoms with van der Waals surface area (Å²) in [7, 11) is 1.90. The van der Waals surface area contributed by atoms with Gasteiger partial charge in [-0.2, -0.15) is 0 Å². The van der Waals surface area contributed by atoms with Gasteiger partial charge in [0.25, 0.3) is 5.65 Å². The minimum Gasteiger partial charge on any atom is -0.261 e. The van der Waals surface area contributed by atoms with Gasteiger partial charge in [-0.05, 0) is 17.7 Å². The van der Waals surface area contributed by atoms with Crippen LogP contribution in [0.15, 0.2) is 42.7 Å². The van der Waals surface area contributed by atoms with Gasteiger partial charge < -0.3 is 0 Å². The number of imidazole rings is 1. The van der Waals surface area contributed by atoms with Crippen LogP contribution in [-0.4, -0.2) is 14.1 Å². The van der Waals surface area contributed by atoms with Crippen LogP contribution in [0, 0.1) is 0 Å². The summed E-state index contributed by atoms with van der Waals surface area (Å²) in [6.45, 7) is -1.57.